The zero-order chi connectivity index (χ0) is 32.4. The molecule has 1 fully saturated rings. The van der Waals surface area contributed by atoms with Crippen LogP contribution in [0.15, 0.2) is 53.3 Å². The van der Waals surface area contributed by atoms with E-state index in [9.17, 15) is 18.4 Å². The van der Waals surface area contributed by atoms with E-state index in [2.05, 4.69) is 16.9 Å². The van der Waals surface area contributed by atoms with Gasteiger partial charge in [0.05, 0.1) is 6.54 Å². The quantitative estimate of drug-likeness (QED) is 0.225. The number of halogens is 2. The topological polar surface area (TPSA) is 123 Å². The number of aliphatic hydroxyl groups excluding tert-OH is 1. The Morgan fingerprint density at radius 2 is 1.98 bits per heavy atom. The van der Waals surface area contributed by atoms with Crippen LogP contribution in [0.5, 0.6) is 0 Å². The van der Waals surface area contributed by atoms with Crippen molar-refractivity contribution in [2.75, 3.05) is 52.4 Å². The van der Waals surface area contributed by atoms with Gasteiger partial charge in [0, 0.05) is 102 Å². The Labute approximate surface area is 256 Å². The molecule has 238 valence electrons. The summed E-state index contributed by atoms with van der Waals surface area (Å²) in [7, 11) is 4.26. The van der Waals surface area contributed by atoms with Gasteiger partial charge in [0.15, 0.2) is 0 Å². The highest BCUT2D eigenvalue weighted by Crippen LogP contribution is 2.36. The van der Waals surface area contributed by atoms with Crippen molar-refractivity contribution in [3.05, 3.63) is 64.9 Å². The van der Waals surface area contributed by atoms with Crippen molar-refractivity contribution < 1.29 is 28.2 Å². The summed E-state index contributed by atoms with van der Waals surface area (Å²) >= 11 is 0. The molecule has 10 nitrogen and oxygen atoms in total. The van der Waals surface area contributed by atoms with Crippen LogP contribution >= 0.6 is 0 Å². The summed E-state index contributed by atoms with van der Waals surface area (Å²) in [5, 5.41) is 19.7. The van der Waals surface area contributed by atoms with E-state index in [0.717, 1.165) is 31.9 Å². The number of nitrogens with one attached hydrogen (secondary N) is 2. The molecule has 0 spiro atoms. The van der Waals surface area contributed by atoms with Gasteiger partial charge in [-0.2, -0.15) is 0 Å². The highest BCUT2D eigenvalue weighted by atomic mass is 19.3. The molecule has 0 saturated carbocycles. The number of amides is 1. The molecule has 0 atom stereocenters. The minimum Gasteiger partial charge on any atom is -0.400 e. The maximum absolute atomic E-state index is 14.6. The molecule has 0 radical (unpaired) electrons. The number of likely N-dealkylation sites (N-methyl/N-ethyl adjacent to an activating group) is 1. The molecule has 0 bridgehead atoms. The van der Waals surface area contributed by atoms with Gasteiger partial charge in [0.1, 0.15) is 17.6 Å². The fourth-order valence-corrected chi connectivity index (χ4v) is 5.44. The minimum absolute atomic E-state index is 0.0336. The number of rotatable bonds is 9. The number of carbonyl (C=O) groups is 2. The van der Waals surface area contributed by atoms with Gasteiger partial charge in [-0.25, -0.2) is 8.78 Å². The zero-order valence-corrected chi connectivity index (χ0v) is 25.8. The summed E-state index contributed by atoms with van der Waals surface area (Å²) in [6, 6.07) is 6.55. The second-order valence-electron chi connectivity index (χ2n) is 10.4. The molecular weight excluding hydrogens is 570 g/mol. The van der Waals surface area contributed by atoms with E-state index in [1.165, 1.54) is 19.2 Å². The van der Waals surface area contributed by atoms with E-state index in [1.54, 1.807) is 52.9 Å². The third-order valence-electron chi connectivity index (χ3n) is 7.87. The highest BCUT2D eigenvalue weighted by molar-refractivity contribution is 6.08. The van der Waals surface area contributed by atoms with Crippen LogP contribution in [0.2, 0.25) is 0 Å². The lowest BCUT2D eigenvalue weighted by Gasteiger charge is -2.35. The van der Waals surface area contributed by atoms with Crippen molar-refractivity contribution in [2.24, 2.45) is 4.99 Å². The van der Waals surface area contributed by atoms with E-state index in [0.29, 0.717) is 54.1 Å². The highest BCUT2D eigenvalue weighted by Gasteiger charge is 2.28. The smallest absolute Gasteiger partial charge is 0.264 e. The zero-order valence-electron chi connectivity index (χ0n) is 25.8. The Kier molecular flexibility index (Phi) is 12.5. The summed E-state index contributed by atoms with van der Waals surface area (Å²) in [6.45, 7) is 7.40. The van der Waals surface area contributed by atoms with Crippen LogP contribution in [0.4, 0.5) is 14.5 Å². The molecule has 1 saturated heterocycles. The molecule has 1 amide bonds. The molecule has 2 aliphatic heterocycles. The van der Waals surface area contributed by atoms with Crippen LogP contribution in [0.1, 0.15) is 43.7 Å². The van der Waals surface area contributed by atoms with Gasteiger partial charge in [0.2, 0.25) is 5.91 Å². The fourth-order valence-electron chi connectivity index (χ4n) is 5.44. The minimum atomic E-state index is -2.81. The van der Waals surface area contributed by atoms with Crippen molar-refractivity contribution in [3.63, 3.8) is 0 Å². The first-order valence-corrected chi connectivity index (χ1v) is 14.4. The third kappa shape index (κ3) is 7.86. The molecule has 2 aromatic rings. The summed E-state index contributed by atoms with van der Waals surface area (Å²) in [4.78, 5) is 31.1. The Morgan fingerprint density at radius 3 is 2.57 bits per heavy atom. The second-order valence-corrected chi connectivity index (χ2v) is 10.4. The van der Waals surface area contributed by atoms with E-state index in [4.69, 9.17) is 15.3 Å². The number of hydrogen-bond acceptors (Lipinski definition) is 7. The first kappa shape index (κ1) is 34.3. The number of carbonyl (C=O) groups excluding carboxylic acids is 2. The van der Waals surface area contributed by atoms with E-state index in [1.807, 2.05) is 0 Å². The number of benzene rings is 1. The maximum Gasteiger partial charge on any atom is 0.264 e. The van der Waals surface area contributed by atoms with Crippen molar-refractivity contribution in [1.82, 2.24) is 14.8 Å². The molecule has 3 N–H and O–H groups in total. The number of nitrogens with zero attached hydrogens (tertiary/aromatic N) is 4. The normalized spacial score (nSPS) is 15.9. The summed E-state index contributed by atoms with van der Waals surface area (Å²) in [5.41, 5.74) is 3.58. The predicted molar refractivity (Wildman–Crippen MR) is 168 cm³/mol. The molecular formula is C32H42F2N6O4. The Bertz CT molecular complexity index is 1460. The molecule has 4 rings (SSSR count). The largest absolute Gasteiger partial charge is 0.400 e. The van der Waals surface area contributed by atoms with Gasteiger partial charge in [-0.3, -0.25) is 15.2 Å². The molecule has 1 aromatic carbocycles. The molecule has 12 heteroatoms. The van der Waals surface area contributed by atoms with Crippen LogP contribution in [-0.2, 0) is 20.7 Å². The number of hydrogen-bond donors (Lipinski definition) is 3. The standard InChI is InChI=1S/C31H38F2N6O3.CH4O/c1-5-38-18-21(9-13-40)25(17-29(38)35-3)24-7-6-23(16-26(24)30(32)33)37(4)31(34)27-19-39(20(2)41)12-8-28(27)36-22-10-14-42-15-11-22;1-2/h5-7,13,16-18,22,30,34,36H,1,8-12,14-15,19H2,2-4H3;2H,1H3. The molecule has 44 heavy (non-hydrogen) atoms. The fraction of sp³-hybridized carbons (Fsp3) is 0.438. The number of aldehydes is 1. The summed E-state index contributed by atoms with van der Waals surface area (Å²) in [6.07, 6.45) is 3.44. The van der Waals surface area contributed by atoms with Gasteiger partial charge in [-0.15, -0.1) is 0 Å². The van der Waals surface area contributed by atoms with Crippen LogP contribution in [0.3, 0.4) is 0 Å². The summed E-state index contributed by atoms with van der Waals surface area (Å²) in [5.74, 6) is 0.0475. The van der Waals surface area contributed by atoms with Gasteiger partial charge in [0.25, 0.3) is 6.43 Å². The van der Waals surface area contributed by atoms with Gasteiger partial charge >= 0.3 is 0 Å². The van der Waals surface area contributed by atoms with E-state index in [-0.39, 0.29) is 41.9 Å². The number of anilines is 1. The lowest BCUT2D eigenvalue weighted by Crippen LogP contribution is -2.45. The Hall–Kier alpha value is -4.16. The number of ether oxygens (including phenoxy) is 1. The molecule has 3 heterocycles. The summed E-state index contributed by atoms with van der Waals surface area (Å²) < 4.78 is 36.2. The van der Waals surface area contributed by atoms with Gasteiger partial charge in [-0.1, -0.05) is 12.6 Å². The van der Waals surface area contributed by atoms with Gasteiger partial charge in [-0.05, 0) is 47.7 Å². The number of pyridine rings is 1. The maximum atomic E-state index is 14.6. The predicted octanol–water partition coefficient (Wildman–Crippen LogP) is 3.76. The Morgan fingerprint density at radius 1 is 1.27 bits per heavy atom. The number of aromatic nitrogens is 1. The van der Waals surface area contributed by atoms with Crippen molar-refractivity contribution in [1.29, 1.82) is 5.41 Å². The lowest BCUT2D eigenvalue weighted by atomic mass is 9.94. The lowest BCUT2D eigenvalue weighted by molar-refractivity contribution is -0.128. The number of alkyl halides is 2. The first-order chi connectivity index (χ1) is 21.2. The SMILES string of the molecule is C=Cn1cc(CC=O)c(-c2ccc(N(C)C(=N)C3=C(NC4CCOCC4)CCN(C(C)=O)C3)cc2C(F)F)cc1=NC.CO. The Balaban J connectivity index is 0.00000259. The molecule has 0 unspecified atom stereocenters. The second kappa shape index (κ2) is 16.1. The van der Waals surface area contributed by atoms with Crippen LogP contribution in [0.25, 0.3) is 17.3 Å². The average Bonchev–Trinajstić information content (AvgIpc) is 3.05. The monoisotopic (exact) mass is 612 g/mol. The number of amidine groups is 1. The van der Waals surface area contributed by atoms with Crippen molar-refractivity contribution in [3.8, 4) is 11.1 Å². The molecule has 2 aliphatic rings. The third-order valence-corrected chi connectivity index (χ3v) is 7.87. The molecule has 1 aromatic heterocycles. The van der Waals surface area contributed by atoms with Crippen LogP contribution in [0, 0.1) is 5.41 Å². The first-order valence-electron chi connectivity index (χ1n) is 14.4. The number of aliphatic hydroxyl groups is 1. The van der Waals surface area contributed by atoms with Crippen molar-refractivity contribution >= 4 is 29.9 Å². The molecule has 0 aliphatic carbocycles. The average molecular weight is 613 g/mol. The van der Waals surface area contributed by atoms with Gasteiger partial charge < -0.3 is 34.3 Å². The van der Waals surface area contributed by atoms with Crippen LogP contribution < -0.4 is 15.7 Å². The van der Waals surface area contributed by atoms with Crippen molar-refractivity contribution in [2.45, 2.75) is 45.1 Å². The van der Waals surface area contributed by atoms with Crippen LogP contribution in [-0.4, -0.2) is 86.2 Å². The van der Waals surface area contributed by atoms with E-state index >= 15 is 0 Å². The van der Waals surface area contributed by atoms with E-state index < -0.39 is 6.43 Å².